The van der Waals surface area contributed by atoms with E-state index in [4.69, 9.17) is 11.6 Å². The second-order valence-corrected chi connectivity index (χ2v) is 8.02. The zero-order chi connectivity index (χ0) is 19.4. The van der Waals surface area contributed by atoms with Crippen molar-refractivity contribution in [3.63, 3.8) is 0 Å². The number of amides is 1. The number of carbonyl (C=O) groups excluding carboxylic acids is 1. The molecule has 0 spiro atoms. The molecule has 0 radical (unpaired) electrons. The van der Waals surface area contributed by atoms with Crippen LogP contribution in [0, 0.1) is 6.92 Å². The Hall–Kier alpha value is -2.83. The summed E-state index contributed by atoms with van der Waals surface area (Å²) in [5.74, 6) is -0.305. The van der Waals surface area contributed by atoms with Gasteiger partial charge in [-0.2, -0.15) is 0 Å². The van der Waals surface area contributed by atoms with Gasteiger partial charge < -0.3 is 5.32 Å². The molecule has 0 bridgehead atoms. The van der Waals surface area contributed by atoms with Gasteiger partial charge in [0.05, 0.1) is 10.6 Å². The molecular weight excluding hydrogens is 384 g/mol. The van der Waals surface area contributed by atoms with Crippen molar-refractivity contribution in [3.05, 3.63) is 88.9 Å². The molecule has 3 aromatic rings. The molecule has 0 saturated heterocycles. The minimum absolute atomic E-state index is 0.107. The van der Waals surface area contributed by atoms with Crippen LogP contribution in [0.4, 0.5) is 11.4 Å². The van der Waals surface area contributed by atoms with Crippen molar-refractivity contribution >= 4 is 38.9 Å². The second kappa shape index (κ2) is 7.82. The summed E-state index contributed by atoms with van der Waals surface area (Å²) in [6, 6.07) is 19.6. The number of hydrogen-bond acceptors (Lipinski definition) is 3. The van der Waals surface area contributed by atoms with Crippen LogP contribution < -0.4 is 10.0 Å². The van der Waals surface area contributed by atoms with E-state index < -0.39 is 10.0 Å². The lowest BCUT2D eigenvalue weighted by molar-refractivity contribution is 0.102. The summed E-state index contributed by atoms with van der Waals surface area (Å²) in [5.41, 5.74) is 2.30. The Balaban J connectivity index is 1.73. The van der Waals surface area contributed by atoms with Gasteiger partial charge in [-0.05, 0) is 67.1 Å². The van der Waals surface area contributed by atoms with Gasteiger partial charge in [0.1, 0.15) is 0 Å². The van der Waals surface area contributed by atoms with E-state index in [1.54, 1.807) is 48.5 Å². The van der Waals surface area contributed by atoms with Gasteiger partial charge in [-0.15, -0.1) is 0 Å². The maximum absolute atomic E-state index is 12.5. The lowest BCUT2D eigenvalue weighted by Crippen LogP contribution is -2.14. The van der Waals surface area contributed by atoms with Crippen molar-refractivity contribution in [2.45, 2.75) is 11.8 Å². The number of carbonyl (C=O) groups is 1. The van der Waals surface area contributed by atoms with Crippen molar-refractivity contribution in [2.24, 2.45) is 0 Å². The molecule has 0 unspecified atom stereocenters. The van der Waals surface area contributed by atoms with Crippen LogP contribution >= 0.6 is 11.6 Å². The number of nitrogens with one attached hydrogen (secondary N) is 2. The topological polar surface area (TPSA) is 75.3 Å². The van der Waals surface area contributed by atoms with Gasteiger partial charge in [0.2, 0.25) is 0 Å². The van der Waals surface area contributed by atoms with Crippen molar-refractivity contribution in [2.75, 3.05) is 10.0 Å². The first-order valence-electron chi connectivity index (χ1n) is 8.10. The maximum atomic E-state index is 12.5. The summed E-state index contributed by atoms with van der Waals surface area (Å²) in [4.78, 5) is 12.3. The van der Waals surface area contributed by atoms with Gasteiger partial charge in [0.25, 0.3) is 15.9 Å². The summed E-state index contributed by atoms with van der Waals surface area (Å²) in [7, 11) is -3.72. The van der Waals surface area contributed by atoms with Crippen molar-refractivity contribution in [3.8, 4) is 0 Å². The molecular formula is C20H17ClN2O3S. The molecule has 0 saturated carbocycles. The van der Waals surface area contributed by atoms with Gasteiger partial charge in [-0.1, -0.05) is 29.8 Å². The number of rotatable bonds is 5. The summed E-state index contributed by atoms with van der Waals surface area (Å²) < 4.78 is 27.6. The van der Waals surface area contributed by atoms with Crippen LogP contribution in [0.25, 0.3) is 0 Å². The fourth-order valence-electron chi connectivity index (χ4n) is 2.41. The molecule has 0 fully saturated rings. The molecule has 0 aliphatic carbocycles. The Kier molecular flexibility index (Phi) is 5.48. The van der Waals surface area contributed by atoms with E-state index in [1.807, 2.05) is 19.1 Å². The number of benzene rings is 3. The Morgan fingerprint density at radius 2 is 1.52 bits per heavy atom. The molecule has 3 rings (SSSR count). The lowest BCUT2D eigenvalue weighted by Gasteiger charge is -2.11. The predicted molar refractivity (Wildman–Crippen MR) is 108 cm³/mol. The van der Waals surface area contributed by atoms with E-state index in [-0.39, 0.29) is 10.8 Å². The third kappa shape index (κ3) is 4.67. The molecule has 0 aromatic heterocycles. The van der Waals surface area contributed by atoms with Crippen LogP contribution in [0.3, 0.4) is 0 Å². The predicted octanol–water partition coefficient (Wildman–Crippen LogP) is 4.70. The van der Waals surface area contributed by atoms with E-state index in [2.05, 4.69) is 10.0 Å². The Bertz CT molecular complexity index is 1060. The molecule has 1 amide bonds. The molecule has 0 aliphatic heterocycles. The number of sulfonamides is 1. The van der Waals surface area contributed by atoms with Gasteiger partial charge in [0, 0.05) is 16.3 Å². The largest absolute Gasteiger partial charge is 0.322 e. The van der Waals surface area contributed by atoms with Crippen LogP contribution in [-0.2, 0) is 10.0 Å². The van der Waals surface area contributed by atoms with Crippen molar-refractivity contribution in [1.82, 2.24) is 0 Å². The highest BCUT2D eigenvalue weighted by atomic mass is 35.5. The summed E-state index contributed by atoms with van der Waals surface area (Å²) in [5, 5.41) is 3.26. The number of para-hydroxylation sites is 1. The standard InChI is InChI=1S/C20H17ClN2O3S/c1-14-4-2-3-5-19(14)23-27(25,26)18-12-10-17(11-13-18)22-20(24)15-6-8-16(21)9-7-15/h2-13,23H,1H3,(H,22,24). The lowest BCUT2D eigenvalue weighted by atomic mass is 10.2. The first kappa shape index (κ1) is 18.9. The highest BCUT2D eigenvalue weighted by Crippen LogP contribution is 2.21. The Morgan fingerprint density at radius 1 is 0.889 bits per heavy atom. The SMILES string of the molecule is Cc1ccccc1NS(=O)(=O)c1ccc(NC(=O)c2ccc(Cl)cc2)cc1. The Morgan fingerprint density at radius 3 is 2.15 bits per heavy atom. The molecule has 138 valence electrons. The van der Waals surface area contributed by atoms with E-state index in [9.17, 15) is 13.2 Å². The van der Waals surface area contributed by atoms with E-state index in [1.165, 1.54) is 12.1 Å². The number of anilines is 2. The fourth-order valence-corrected chi connectivity index (χ4v) is 3.67. The first-order chi connectivity index (χ1) is 12.8. The van der Waals surface area contributed by atoms with Gasteiger partial charge in [0.15, 0.2) is 0 Å². The minimum atomic E-state index is -3.72. The average Bonchev–Trinajstić information content (AvgIpc) is 2.64. The van der Waals surface area contributed by atoms with Gasteiger partial charge in [-0.3, -0.25) is 9.52 Å². The highest BCUT2D eigenvalue weighted by molar-refractivity contribution is 7.92. The molecule has 5 nitrogen and oxygen atoms in total. The summed E-state index contributed by atoms with van der Waals surface area (Å²) in [6.45, 7) is 1.83. The molecule has 27 heavy (non-hydrogen) atoms. The van der Waals surface area contributed by atoms with Gasteiger partial charge in [-0.25, -0.2) is 8.42 Å². The monoisotopic (exact) mass is 400 g/mol. The normalized spacial score (nSPS) is 11.0. The second-order valence-electron chi connectivity index (χ2n) is 5.91. The van der Waals surface area contributed by atoms with Crippen LogP contribution in [0.2, 0.25) is 5.02 Å². The summed E-state index contributed by atoms with van der Waals surface area (Å²) >= 11 is 5.81. The smallest absolute Gasteiger partial charge is 0.261 e. The van der Waals surface area contributed by atoms with E-state index in [0.717, 1.165) is 5.56 Å². The molecule has 0 atom stereocenters. The van der Waals surface area contributed by atoms with Crippen molar-refractivity contribution in [1.29, 1.82) is 0 Å². The number of halogens is 1. The van der Waals surface area contributed by atoms with E-state index in [0.29, 0.717) is 22.0 Å². The molecule has 7 heteroatoms. The van der Waals surface area contributed by atoms with E-state index >= 15 is 0 Å². The third-order valence-electron chi connectivity index (χ3n) is 3.92. The quantitative estimate of drug-likeness (QED) is 0.651. The molecule has 0 aliphatic rings. The molecule has 3 aromatic carbocycles. The fraction of sp³-hybridized carbons (Fsp3) is 0.0500. The van der Waals surface area contributed by atoms with Crippen LogP contribution in [0.5, 0.6) is 0 Å². The summed E-state index contributed by atoms with van der Waals surface area (Å²) in [6.07, 6.45) is 0. The molecule has 0 heterocycles. The van der Waals surface area contributed by atoms with Crippen LogP contribution in [0.15, 0.2) is 77.7 Å². The highest BCUT2D eigenvalue weighted by Gasteiger charge is 2.15. The maximum Gasteiger partial charge on any atom is 0.261 e. The number of hydrogen-bond donors (Lipinski definition) is 2. The average molecular weight is 401 g/mol. The number of aryl methyl sites for hydroxylation is 1. The van der Waals surface area contributed by atoms with Crippen LogP contribution in [0.1, 0.15) is 15.9 Å². The van der Waals surface area contributed by atoms with Gasteiger partial charge >= 0.3 is 0 Å². The molecule has 2 N–H and O–H groups in total. The van der Waals surface area contributed by atoms with Crippen molar-refractivity contribution < 1.29 is 13.2 Å². The zero-order valence-electron chi connectivity index (χ0n) is 14.4. The third-order valence-corrected chi connectivity index (χ3v) is 5.55. The first-order valence-corrected chi connectivity index (χ1v) is 9.97. The van der Waals surface area contributed by atoms with Crippen LogP contribution in [-0.4, -0.2) is 14.3 Å². The zero-order valence-corrected chi connectivity index (χ0v) is 16.0. The minimum Gasteiger partial charge on any atom is -0.322 e. The Labute approximate surface area is 163 Å².